The monoisotopic (exact) mass is 300 g/mol. The van der Waals surface area contributed by atoms with Gasteiger partial charge in [-0.1, -0.05) is 40.2 Å². The highest BCUT2D eigenvalue weighted by atomic mass is 79.9. The molecule has 2 N–H and O–H groups in total. The van der Waals surface area contributed by atoms with Gasteiger partial charge in [0.25, 0.3) is 0 Å². The number of aromatic nitrogens is 1. The molecule has 0 saturated carbocycles. The Morgan fingerprint density at radius 3 is 2.61 bits per heavy atom. The van der Waals surface area contributed by atoms with Crippen molar-refractivity contribution in [3.05, 3.63) is 64.9 Å². The molecule has 0 aliphatic rings. The number of fused-ring (bicyclic) bond motifs is 1. The maximum absolute atomic E-state index is 3.59. The number of halogens is 1. The Balaban J connectivity index is 1.94. The maximum Gasteiger partial charge on any atom is 0.0423 e. The lowest BCUT2D eigenvalue weighted by Gasteiger charge is -2.10. The van der Waals surface area contributed by atoms with Crippen LogP contribution in [0.25, 0.3) is 10.8 Å². The molecule has 2 nitrogen and oxygen atoms in total. The summed E-state index contributed by atoms with van der Waals surface area (Å²) in [7, 11) is 0. The van der Waals surface area contributed by atoms with Crippen molar-refractivity contribution in [3.8, 4) is 0 Å². The molecule has 2 aromatic carbocycles. The first kappa shape index (κ1) is 11.4. The first-order valence-corrected chi connectivity index (χ1v) is 6.67. The second kappa shape index (κ2) is 4.86. The zero-order valence-corrected chi connectivity index (χ0v) is 11.4. The van der Waals surface area contributed by atoms with Gasteiger partial charge in [0.2, 0.25) is 0 Å². The fourth-order valence-corrected chi connectivity index (χ4v) is 2.56. The number of aromatic amines is 1. The van der Waals surface area contributed by atoms with Gasteiger partial charge < -0.3 is 10.3 Å². The van der Waals surface area contributed by atoms with Crippen molar-refractivity contribution in [1.29, 1.82) is 0 Å². The van der Waals surface area contributed by atoms with Crippen molar-refractivity contribution < 1.29 is 0 Å². The summed E-state index contributed by atoms with van der Waals surface area (Å²) in [5, 5.41) is 5.95. The average Bonchev–Trinajstić information content (AvgIpc) is 2.92. The van der Waals surface area contributed by atoms with Crippen LogP contribution in [-0.2, 0) is 6.54 Å². The zero-order chi connectivity index (χ0) is 12.4. The van der Waals surface area contributed by atoms with E-state index in [0.29, 0.717) is 0 Å². The minimum absolute atomic E-state index is 0.828. The molecule has 0 aliphatic carbocycles. The van der Waals surface area contributed by atoms with E-state index in [1.54, 1.807) is 0 Å². The highest BCUT2D eigenvalue weighted by molar-refractivity contribution is 9.10. The third-order valence-electron chi connectivity index (χ3n) is 3.02. The van der Waals surface area contributed by atoms with E-state index in [1.165, 1.54) is 16.3 Å². The van der Waals surface area contributed by atoms with Crippen molar-refractivity contribution in [2.45, 2.75) is 6.54 Å². The standard InChI is InChI=1S/C15H13BrN2/c16-14-5-6-15(13-4-2-1-3-12(13)14)18-10-11-7-8-17-9-11/h1-9,17-18H,10H2. The van der Waals surface area contributed by atoms with Gasteiger partial charge in [0.15, 0.2) is 0 Å². The molecule has 0 unspecified atom stereocenters. The summed E-state index contributed by atoms with van der Waals surface area (Å²) in [5.41, 5.74) is 2.41. The van der Waals surface area contributed by atoms with E-state index in [4.69, 9.17) is 0 Å². The normalized spacial score (nSPS) is 10.7. The number of benzene rings is 2. The summed E-state index contributed by atoms with van der Waals surface area (Å²) in [5.74, 6) is 0. The molecule has 0 bridgehead atoms. The molecule has 1 heterocycles. The molecule has 18 heavy (non-hydrogen) atoms. The van der Waals surface area contributed by atoms with Gasteiger partial charge in [-0.2, -0.15) is 0 Å². The number of H-pyrrole nitrogens is 1. The second-order valence-electron chi connectivity index (χ2n) is 4.21. The molecular formula is C15H13BrN2. The molecule has 3 rings (SSSR count). The van der Waals surface area contributed by atoms with Crippen molar-refractivity contribution in [2.24, 2.45) is 0 Å². The third kappa shape index (κ3) is 2.14. The molecule has 0 atom stereocenters. The maximum atomic E-state index is 3.59. The molecular weight excluding hydrogens is 288 g/mol. The Hall–Kier alpha value is -1.74. The van der Waals surface area contributed by atoms with Crippen LogP contribution in [0.1, 0.15) is 5.56 Å². The Morgan fingerprint density at radius 2 is 1.83 bits per heavy atom. The van der Waals surface area contributed by atoms with Crippen LogP contribution in [0.3, 0.4) is 0 Å². The van der Waals surface area contributed by atoms with Gasteiger partial charge in [-0.3, -0.25) is 0 Å². The van der Waals surface area contributed by atoms with Crippen molar-refractivity contribution in [1.82, 2.24) is 4.98 Å². The van der Waals surface area contributed by atoms with E-state index >= 15 is 0 Å². The van der Waals surface area contributed by atoms with E-state index in [2.05, 4.69) is 68.7 Å². The van der Waals surface area contributed by atoms with Gasteiger partial charge in [-0.05, 0) is 29.1 Å². The Morgan fingerprint density at radius 1 is 1.00 bits per heavy atom. The number of anilines is 1. The molecule has 0 saturated heterocycles. The quantitative estimate of drug-likeness (QED) is 0.730. The summed E-state index contributed by atoms with van der Waals surface area (Å²) >= 11 is 3.59. The van der Waals surface area contributed by atoms with Gasteiger partial charge in [0.05, 0.1) is 0 Å². The summed E-state index contributed by atoms with van der Waals surface area (Å²) < 4.78 is 1.13. The molecule has 90 valence electrons. The Bertz CT molecular complexity index is 659. The predicted octanol–water partition coefficient (Wildman–Crippen LogP) is 4.54. The van der Waals surface area contributed by atoms with Gasteiger partial charge in [0, 0.05) is 34.5 Å². The fraction of sp³-hybridized carbons (Fsp3) is 0.0667. The summed E-state index contributed by atoms with van der Waals surface area (Å²) in [6, 6.07) is 14.7. The van der Waals surface area contributed by atoms with Crippen molar-refractivity contribution in [3.63, 3.8) is 0 Å². The van der Waals surface area contributed by atoms with Gasteiger partial charge >= 0.3 is 0 Å². The van der Waals surface area contributed by atoms with Gasteiger partial charge in [-0.25, -0.2) is 0 Å². The number of hydrogen-bond donors (Lipinski definition) is 2. The highest BCUT2D eigenvalue weighted by Crippen LogP contribution is 2.30. The average molecular weight is 301 g/mol. The van der Waals surface area contributed by atoms with E-state index in [1.807, 2.05) is 12.4 Å². The first-order valence-electron chi connectivity index (χ1n) is 5.87. The van der Waals surface area contributed by atoms with Crippen LogP contribution < -0.4 is 5.32 Å². The number of hydrogen-bond acceptors (Lipinski definition) is 1. The Kier molecular flexibility index (Phi) is 3.07. The van der Waals surface area contributed by atoms with Crippen molar-refractivity contribution >= 4 is 32.4 Å². The summed E-state index contributed by atoms with van der Waals surface area (Å²) in [6.45, 7) is 0.828. The van der Waals surface area contributed by atoms with E-state index in [0.717, 1.165) is 16.7 Å². The minimum atomic E-state index is 0.828. The molecule has 0 spiro atoms. The molecule has 0 radical (unpaired) electrons. The van der Waals surface area contributed by atoms with Crippen LogP contribution in [-0.4, -0.2) is 4.98 Å². The van der Waals surface area contributed by atoms with Crippen molar-refractivity contribution in [2.75, 3.05) is 5.32 Å². The fourth-order valence-electron chi connectivity index (χ4n) is 2.08. The molecule has 0 fully saturated rings. The number of rotatable bonds is 3. The van der Waals surface area contributed by atoms with Crippen LogP contribution in [0.5, 0.6) is 0 Å². The van der Waals surface area contributed by atoms with Gasteiger partial charge in [-0.15, -0.1) is 0 Å². The lowest BCUT2D eigenvalue weighted by atomic mass is 10.1. The predicted molar refractivity (Wildman–Crippen MR) is 79.8 cm³/mol. The van der Waals surface area contributed by atoms with E-state index in [9.17, 15) is 0 Å². The SMILES string of the molecule is Brc1ccc(NCc2cc[nH]c2)c2ccccc12. The van der Waals surface area contributed by atoms with Crippen LogP contribution in [0.4, 0.5) is 5.69 Å². The van der Waals surface area contributed by atoms with Gasteiger partial charge in [0.1, 0.15) is 0 Å². The molecule has 0 aliphatic heterocycles. The lowest BCUT2D eigenvalue weighted by molar-refractivity contribution is 1.16. The van der Waals surface area contributed by atoms with Crippen LogP contribution in [0.2, 0.25) is 0 Å². The first-order chi connectivity index (χ1) is 8.84. The smallest absolute Gasteiger partial charge is 0.0423 e. The van der Waals surface area contributed by atoms with Crippen LogP contribution >= 0.6 is 15.9 Å². The molecule has 1 aromatic heterocycles. The largest absolute Gasteiger partial charge is 0.380 e. The van der Waals surface area contributed by atoms with Crippen LogP contribution in [0.15, 0.2) is 59.3 Å². The summed E-state index contributed by atoms with van der Waals surface area (Å²) in [4.78, 5) is 3.06. The van der Waals surface area contributed by atoms with E-state index < -0.39 is 0 Å². The molecule has 3 aromatic rings. The summed E-state index contributed by atoms with van der Waals surface area (Å²) in [6.07, 6.45) is 3.95. The lowest BCUT2D eigenvalue weighted by Crippen LogP contribution is -1.98. The second-order valence-corrected chi connectivity index (χ2v) is 5.07. The molecule has 0 amide bonds. The Labute approximate surface area is 114 Å². The molecule has 3 heteroatoms. The third-order valence-corrected chi connectivity index (χ3v) is 3.71. The van der Waals surface area contributed by atoms with Crippen LogP contribution in [0, 0.1) is 0 Å². The van der Waals surface area contributed by atoms with E-state index in [-0.39, 0.29) is 0 Å². The zero-order valence-electron chi connectivity index (χ0n) is 9.78. The highest BCUT2D eigenvalue weighted by Gasteiger charge is 2.03. The minimum Gasteiger partial charge on any atom is -0.380 e. The number of nitrogens with one attached hydrogen (secondary N) is 2. The topological polar surface area (TPSA) is 27.8 Å².